The van der Waals surface area contributed by atoms with Gasteiger partial charge >= 0.3 is 5.97 Å². The van der Waals surface area contributed by atoms with E-state index in [4.69, 9.17) is 0 Å². The van der Waals surface area contributed by atoms with Crippen molar-refractivity contribution in [3.63, 3.8) is 0 Å². The molecule has 2 heterocycles. The normalized spacial score (nSPS) is 10.2. The fraction of sp³-hybridized carbons (Fsp3) is 0.273. The van der Waals surface area contributed by atoms with Crippen LogP contribution in [0.3, 0.4) is 0 Å². The lowest BCUT2D eigenvalue weighted by Gasteiger charge is -2.13. The zero-order chi connectivity index (χ0) is 12.3. The van der Waals surface area contributed by atoms with Crippen molar-refractivity contribution < 1.29 is 9.53 Å². The van der Waals surface area contributed by atoms with Gasteiger partial charge in [-0.15, -0.1) is 11.3 Å². The van der Waals surface area contributed by atoms with Crippen LogP contribution in [0.5, 0.6) is 0 Å². The molecule has 2 rings (SSSR count). The first-order chi connectivity index (χ1) is 8.20. The maximum absolute atomic E-state index is 11.3. The molecule has 0 saturated heterocycles. The first-order valence-electron chi connectivity index (χ1n) is 4.98. The Morgan fingerprint density at radius 3 is 3.06 bits per heavy atom. The van der Waals surface area contributed by atoms with E-state index in [1.807, 2.05) is 23.4 Å². The molecule has 0 unspecified atom stereocenters. The van der Waals surface area contributed by atoms with Crippen LogP contribution >= 0.6 is 22.7 Å². The first kappa shape index (κ1) is 12.1. The van der Waals surface area contributed by atoms with E-state index in [0.717, 1.165) is 11.7 Å². The first-order valence-corrected chi connectivity index (χ1v) is 6.68. The van der Waals surface area contributed by atoms with E-state index >= 15 is 0 Å². The SMILES string of the molecule is COC(=O)c1cnc(N(C)Cc2cccs2)s1. The van der Waals surface area contributed by atoms with Crippen LogP contribution in [0.1, 0.15) is 14.5 Å². The number of esters is 1. The highest BCUT2D eigenvalue weighted by molar-refractivity contribution is 7.17. The molecule has 0 aliphatic rings. The van der Waals surface area contributed by atoms with Crippen molar-refractivity contribution in [1.82, 2.24) is 4.98 Å². The number of thiophene rings is 1. The number of hydrogen-bond acceptors (Lipinski definition) is 6. The number of carbonyl (C=O) groups excluding carboxylic acids is 1. The van der Waals surface area contributed by atoms with Gasteiger partial charge in [-0.05, 0) is 11.4 Å². The van der Waals surface area contributed by atoms with Crippen molar-refractivity contribution >= 4 is 33.8 Å². The number of thiazole rings is 1. The Bertz CT molecular complexity index is 493. The molecule has 2 aromatic rings. The van der Waals surface area contributed by atoms with Crippen molar-refractivity contribution in [3.8, 4) is 0 Å². The van der Waals surface area contributed by atoms with Gasteiger partial charge in [-0.2, -0.15) is 0 Å². The molecule has 2 aromatic heterocycles. The number of ether oxygens (including phenoxy) is 1. The number of hydrogen-bond donors (Lipinski definition) is 0. The molecular weight excluding hydrogens is 256 g/mol. The van der Waals surface area contributed by atoms with Crippen LogP contribution in [-0.4, -0.2) is 25.1 Å². The Morgan fingerprint density at radius 1 is 1.59 bits per heavy atom. The molecule has 0 saturated carbocycles. The largest absolute Gasteiger partial charge is 0.465 e. The second-order valence-electron chi connectivity index (χ2n) is 3.43. The molecule has 0 aromatic carbocycles. The zero-order valence-electron chi connectivity index (χ0n) is 9.54. The van der Waals surface area contributed by atoms with E-state index in [0.29, 0.717) is 4.88 Å². The Labute approximate surface area is 107 Å². The highest BCUT2D eigenvalue weighted by Gasteiger charge is 2.13. The van der Waals surface area contributed by atoms with Gasteiger partial charge in [-0.3, -0.25) is 0 Å². The molecule has 0 atom stereocenters. The van der Waals surface area contributed by atoms with Gasteiger partial charge in [-0.1, -0.05) is 17.4 Å². The van der Waals surface area contributed by atoms with Crippen LogP contribution in [0.2, 0.25) is 0 Å². The summed E-state index contributed by atoms with van der Waals surface area (Å²) in [5.74, 6) is -0.335. The molecule has 0 aliphatic carbocycles. The molecule has 0 fully saturated rings. The molecule has 6 heteroatoms. The Kier molecular flexibility index (Phi) is 3.75. The van der Waals surface area contributed by atoms with Gasteiger partial charge in [0.25, 0.3) is 0 Å². The van der Waals surface area contributed by atoms with Gasteiger partial charge in [0.1, 0.15) is 4.88 Å². The van der Waals surface area contributed by atoms with Crippen molar-refractivity contribution in [3.05, 3.63) is 33.5 Å². The van der Waals surface area contributed by atoms with E-state index in [1.165, 1.54) is 23.3 Å². The number of aromatic nitrogens is 1. The fourth-order valence-corrected chi connectivity index (χ4v) is 2.89. The number of methoxy groups -OCH3 is 1. The van der Waals surface area contributed by atoms with E-state index in [-0.39, 0.29) is 5.97 Å². The van der Waals surface area contributed by atoms with Crippen molar-refractivity contribution in [1.29, 1.82) is 0 Å². The summed E-state index contributed by atoms with van der Waals surface area (Å²) >= 11 is 3.05. The van der Waals surface area contributed by atoms with Gasteiger partial charge in [0.05, 0.1) is 19.9 Å². The van der Waals surface area contributed by atoms with E-state index in [2.05, 4.69) is 15.8 Å². The lowest BCUT2D eigenvalue weighted by Crippen LogP contribution is -2.14. The summed E-state index contributed by atoms with van der Waals surface area (Å²) in [6, 6.07) is 4.10. The van der Waals surface area contributed by atoms with Crippen molar-refractivity contribution in [2.24, 2.45) is 0 Å². The summed E-state index contributed by atoms with van der Waals surface area (Å²) in [7, 11) is 3.33. The molecule has 4 nitrogen and oxygen atoms in total. The van der Waals surface area contributed by atoms with Crippen LogP contribution in [0.4, 0.5) is 5.13 Å². The second-order valence-corrected chi connectivity index (χ2v) is 5.48. The van der Waals surface area contributed by atoms with Crippen LogP contribution in [-0.2, 0) is 11.3 Å². The maximum atomic E-state index is 11.3. The average molecular weight is 268 g/mol. The summed E-state index contributed by atoms with van der Waals surface area (Å²) < 4.78 is 4.65. The quantitative estimate of drug-likeness (QED) is 0.799. The van der Waals surface area contributed by atoms with E-state index < -0.39 is 0 Å². The standard InChI is InChI=1S/C11H12N2O2S2/c1-13(7-8-4-3-5-16-8)11-12-6-9(17-11)10(14)15-2/h3-6H,7H2,1-2H3. The molecule has 0 spiro atoms. The predicted octanol–water partition coefficient (Wildman–Crippen LogP) is 2.63. The molecule has 17 heavy (non-hydrogen) atoms. The molecule has 90 valence electrons. The topological polar surface area (TPSA) is 42.4 Å². The van der Waals surface area contributed by atoms with Crippen molar-refractivity contribution in [2.75, 3.05) is 19.1 Å². The number of nitrogens with zero attached hydrogens (tertiary/aromatic N) is 2. The minimum atomic E-state index is -0.335. The molecule has 0 radical (unpaired) electrons. The van der Waals surface area contributed by atoms with Gasteiger partial charge in [-0.25, -0.2) is 9.78 Å². The summed E-state index contributed by atoms with van der Waals surface area (Å²) in [5, 5.41) is 2.86. The summed E-state index contributed by atoms with van der Waals surface area (Å²) in [5.41, 5.74) is 0. The second kappa shape index (κ2) is 5.29. The predicted molar refractivity (Wildman–Crippen MR) is 69.9 cm³/mol. The minimum Gasteiger partial charge on any atom is -0.465 e. The maximum Gasteiger partial charge on any atom is 0.349 e. The van der Waals surface area contributed by atoms with Crippen LogP contribution < -0.4 is 4.90 Å². The Balaban J connectivity index is 2.07. The molecule has 0 amide bonds. The third-order valence-electron chi connectivity index (χ3n) is 2.18. The lowest BCUT2D eigenvalue weighted by molar-refractivity contribution is 0.0606. The highest BCUT2D eigenvalue weighted by Crippen LogP contribution is 2.24. The molecule has 0 N–H and O–H groups in total. The number of anilines is 1. The lowest BCUT2D eigenvalue weighted by atomic mass is 10.4. The van der Waals surface area contributed by atoms with Crippen LogP contribution in [0, 0.1) is 0 Å². The highest BCUT2D eigenvalue weighted by atomic mass is 32.1. The zero-order valence-corrected chi connectivity index (χ0v) is 11.2. The third-order valence-corrected chi connectivity index (χ3v) is 4.13. The van der Waals surface area contributed by atoms with Crippen LogP contribution in [0.25, 0.3) is 0 Å². The van der Waals surface area contributed by atoms with Gasteiger partial charge in [0.15, 0.2) is 5.13 Å². The minimum absolute atomic E-state index is 0.335. The van der Waals surface area contributed by atoms with Crippen LogP contribution in [0.15, 0.2) is 23.7 Å². The molecular formula is C11H12N2O2S2. The monoisotopic (exact) mass is 268 g/mol. The molecule has 0 aliphatic heterocycles. The summed E-state index contributed by atoms with van der Waals surface area (Å²) in [6.45, 7) is 0.797. The van der Waals surface area contributed by atoms with E-state index in [1.54, 1.807) is 17.5 Å². The summed E-state index contributed by atoms with van der Waals surface area (Å²) in [4.78, 5) is 19.3. The number of rotatable bonds is 4. The number of carbonyl (C=O) groups is 1. The average Bonchev–Trinajstić information content (AvgIpc) is 2.98. The van der Waals surface area contributed by atoms with E-state index in [9.17, 15) is 4.79 Å². The smallest absolute Gasteiger partial charge is 0.349 e. The van der Waals surface area contributed by atoms with Crippen molar-refractivity contribution in [2.45, 2.75) is 6.54 Å². The third kappa shape index (κ3) is 2.83. The van der Waals surface area contributed by atoms with Gasteiger partial charge < -0.3 is 9.64 Å². The molecule has 0 bridgehead atoms. The Morgan fingerprint density at radius 2 is 2.41 bits per heavy atom. The van der Waals surface area contributed by atoms with Gasteiger partial charge in [0.2, 0.25) is 0 Å². The Hall–Kier alpha value is -1.40. The fourth-order valence-electron chi connectivity index (χ4n) is 1.34. The summed E-state index contributed by atoms with van der Waals surface area (Å²) in [6.07, 6.45) is 1.55. The van der Waals surface area contributed by atoms with Gasteiger partial charge in [0, 0.05) is 11.9 Å².